The number of aryl methyl sites for hydroxylation is 1. The highest BCUT2D eigenvalue weighted by Crippen LogP contribution is 2.23. The first-order valence-electron chi connectivity index (χ1n) is 8.75. The summed E-state index contributed by atoms with van der Waals surface area (Å²) in [5.41, 5.74) is 4.31. The monoisotopic (exact) mass is 333 g/mol. The van der Waals surface area contributed by atoms with Crippen molar-refractivity contribution in [3.05, 3.63) is 70.0 Å². The molecule has 1 aliphatic rings. The Hall–Kier alpha value is -2.43. The summed E-state index contributed by atoms with van der Waals surface area (Å²) in [4.78, 5) is 17.8. The van der Waals surface area contributed by atoms with Crippen LogP contribution in [-0.4, -0.2) is 36.1 Å². The van der Waals surface area contributed by atoms with Crippen LogP contribution >= 0.6 is 0 Å². The van der Waals surface area contributed by atoms with E-state index >= 15 is 0 Å². The van der Waals surface area contributed by atoms with Crippen molar-refractivity contribution in [3.63, 3.8) is 0 Å². The van der Waals surface area contributed by atoms with Gasteiger partial charge in [-0.25, -0.2) is 0 Å². The molecule has 3 aromatic rings. The van der Waals surface area contributed by atoms with Crippen molar-refractivity contribution in [2.45, 2.75) is 19.5 Å². The van der Waals surface area contributed by atoms with Gasteiger partial charge < -0.3 is 10.3 Å². The maximum atomic E-state index is 12.4. The topological polar surface area (TPSA) is 48.1 Å². The second-order valence-electron chi connectivity index (χ2n) is 6.92. The van der Waals surface area contributed by atoms with Crippen molar-refractivity contribution in [2.75, 3.05) is 20.1 Å². The van der Waals surface area contributed by atoms with Gasteiger partial charge in [0, 0.05) is 36.8 Å². The summed E-state index contributed by atoms with van der Waals surface area (Å²) in [6.07, 6.45) is 0. The lowest BCUT2D eigenvalue weighted by molar-refractivity contribution is 0.124. The molecule has 0 saturated carbocycles. The van der Waals surface area contributed by atoms with Crippen LogP contribution in [0.2, 0.25) is 0 Å². The van der Waals surface area contributed by atoms with E-state index in [1.165, 1.54) is 5.56 Å². The average molecular weight is 333 g/mol. The summed E-state index contributed by atoms with van der Waals surface area (Å²) >= 11 is 0. The second-order valence-corrected chi connectivity index (χ2v) is 6.92. The summed E-state index contributed by atoms with van der Waals surface area (Å²) in [5, 5.41) is 5.06. The van der Waals surface area contributed by atoms with Crippen LogP contribution in [0.3, 0.4) is 0 Å². The predicted octanol–water partition coefficient (Wildman–Crippen LogP) is 2.91. The molecule has 1 fully saturated rings. The molecular weight excluding hydrogens is 310 g/mol. The molecule has 128 valence electrons. The van der Waals surface area contributed by atoms with Crippen LogP contribution in [0.25, 0.3) is 22.0 Å². The Bertz CT molecular complexity index is 953. The third kappa shape index (κ3) is 3.11. The van der Waals surface area contributed by atoms with Gasteiger partial charge in [0.1, 0.15) is 0 Å². The number of likely N-dealkylation sites (tertiary alicyclic amines) is 1. The van der Waals surface area contributed by atoms with E-state index in [0.717, 1.165) is 47.2 Å². The van der Waals surface area contributed by atoms with E-state index in [4.69, 9.17) is 0 Å². The van der Waals surface area contributed by atoms with E-state index in [1.54, 1.807) is 0 Å². The first-order valence-corrected chi connectivity index (χ1v) is 8.75. The van der Waals surface area contributed by atoms with E-state index in [1.807, 2.05) is 32.2 Å². The predicted molar refractivity (Wildman–Crippen MR) is 103 cm³/mol. The van der Waals surface area contributed by atoms with E-state index in [2.05, 4.69) is 45.5 Å². The number of aromatic nitrogens is 1. The Balaban J connectivity index is 1.59. The van der Waals surface area contributed by atoms with Gasteiger partial charge in [0.05, 0.1) is 0 Å². The van der Waals surface area contributed by atoms with Gasteiger partial charge in [0.25, 0.3) is 5.56 Å². The molecule has 4 rings (SSSR count). The lowest BCUT2D eigenvalue weighted by Crippen LogP contribution is -2.56. The second kappa shape index (κ2) is 6.47. The smallest absolute Gasteiger partial charge is 0.256 e. The fraction of sp³-hybridized carbons (Fsp3) is 0.286. The number of nitrogens with one attached hydrogen (secondary N) is 2. The first-order chi connectivity index (χ1) is 12.1. The summed E-state index contributed by atoms with van der Waals surface area (Å²) in [6, 6.07) is 17.1. The third-order valence-electron chi connectivity index (χ3n) is 5.14. The maximum Gasteiger partial charge on any atom is 0.256 e. The zero-order valence-corrected chi connectivity index (χ0v) is 14.7. The van der Waals surface area contributed by atoms with E-state index in [-0.39, 0.29) is 5.56 Å². The molecule has 0 aliphatic carbocycles. The summed E-state index contributed by atoms with van der Waals surface area (Å²) in [5.74, 6) is 0. The van der Waals surface area contributed by atoms with Gasteiger partial charge in [0.15, 0.2) is 0 Å². The molecule has 2 N–H and O–H groups in total. The maximum absolute atomic E-state index is 12.4. The summed E-state index contributed by atoms with van der Waals surface area (Å²) < 4.78 is 0. The van der Waals surface area contributed by atoms with Crippen molar-refractivity contribution in [1.29, 1.82) is 0 Å². The number of H-pyrrole nitrogens is 1. The first kappa shape index (κ1) is 16.1. The third-order valence-corrected chi connectivity index (χ3v) is 5.14. The van der Waals surface area contributed by atoms with Crippen LogP contribution in [0.1, 0.15) is 11.1 Å². The minimum absolute atomic E-state index is 0.0287. The van der Waals surface area contributed by atoms with Crippen molar-refractivity contribution in [3.8, 4) is 11.3 Å². The molecule has 4 nitrogen and oxygen atoms in total. The molecule has 1 aromatic heterocycles. The SMILES string of the molecule is CNC1CN(Cc2ccc(-c3cc4c(C)cccc4c(=O)[nH]3)cc2)C1. The highest BCUT2D eigenvalue weighted by atomic mass is 16.1. The molecule has 0 radical (unpaired) electrons. The van der Waals surface area contributed by atoms with Crippen molar-refractivity contribution < 1.29 is 0 Å². The number of hydrogen-bond acceptors (Lipinski definition) is 3. The molecule has 0 unspecified atom stereocenters. The van der Waals surface area contributed by atoms with Crippen molar-refractivity contribution in [2.24, 2.45) is 0 Å². The van der Waals surface area contributed by atoms with Crippen LogP contribution in [0, 0.1) is 6.92 Å². The highest BCUT2D eigenvalue weighted by Gasteiger charge is 2.24. The summed E-state index contributed by atoms with van der Waals surface area (Å²) in [6.45, 7) is 5.23. The molecule has 1 saturated heterocycles. The number of fused-ring (bicyclic) bond motifs is 1. The van der Waals surface area contributed by atoms with Crippen LogP contribution in [0.5, 0.6) is 0 Å². The van der Waals surface area contributed by atoms with Gasteiger partial charge in [-0.1, -0.05) is 36.4 Å². The number of hydrogen-bond donors (Lipinski definition) is 2. The number of benzene rings is 2. The van der Waals surface area contributed by atoms with Crippen LogP contribution in [-0.2, 0) is 6.54 Å². The molecule has 0 amide bonds. The fourth-order valence-corrected chi connectivity index (χ4v) is 3.53. The molecule has 2 aromatic carbocycles. The Labute approximate surface area is 147 Å². The molecule has 0 spiro atoms. The zero-order chi connectivity index (χ0) is 17.4. The van der Waals surface area contributed by atoms with E-state index < -0.39 is 0 Å². The molecule has 25 heavy (non-hydrogen) atoms. The number of rotatable bonds is 4. The Morgan fingerprint density at radius 1 is 1.12 bits per heavy atom. The Morgan fingerprint density at radius 2 is 1.88 bits per heavy atom. The highest BCUT2D eigenvalue weighted by molar-refractivity contribution is 5.87. The standard InChI is InChI=1S/C21H23N3O/c1-14-4-3-5-18-19(14)10-20(23-21(18)25)16-8-6-15(7-9-16)11-24-12-17(13-24)22-2/h3-10,17,22H,11-13H2,1-2H3,(H,23,25). The normalized spacial score (nSPS) is 15.4. The zero-order valence-electron chi connectivity index (χ0n) is 14.7. The van der Waals surface area contributed by atoms with Gasteiger partial charge in [-0.3, -0.25) is 9.69 Å². The summed E-state index contributed by atoms with van der Waals surface area (Å²) in [7, 11) is 2.02. The van der Waals surface area contributed by atoms with Crippen LogP contribution in [0.4, 0.5) is 0 Å². The molecule has 2 heterocycles. The van der Waals surface area contributed by atoms with Crippen molar-refractivity contribution in [1.82, 2.24) is 15.2 Å². The minimum atomic E-state index is -0.0287. The number of nitrogens with zero attached hydrogens (tertiary/aromatic N) is 1. The quantitative estimate of drug-likeness (QED) is 0.772. The number of likely N-dealkylation sites (N-methyl/N-ethyl adjacent to an activating group) is 1. The molecule has 4 heteroatoms. The average Bonchev–Trinajstić information content (AvgIpc) is 2.59. The molecule has 0 atom stereocenters. The van der Waals surface area contributed by atoms with Gasteiger partial charge in [0.2, 0.25) is 0 Å². The Kier molecular flexibility index (Phi) is 4.15. The molecular formula is C21H23N3O. The minimum Gasteiger partial charge on any atom is -0.321 e. The van der Waals surface area contributed by atoms with E-state index in [0.29, 0.717) is 6.04 Å². The fourth-order valence-electron chi connectivity index (χ4n) is 3.53. The lowest BCUT2D eigenvalue weighted by atomic mass is 10.0. The number of aromatic amines is 1. The molecule has 0 bridgehead atoms. The lowest BCUT2D eigenvalue weighted by Gasteiger charge is -2.39. The Morgan fingerprint density at radius 3 is 2.60 bits per heavy atom. The van der Waals surface area contributed by atoms with E-state index in [9.17, 15) is 4.79 Å². The van der Waals surface area contributed by atoms with Crippen LogP contribution in [0.15, 0.2) is 53.3 Å². The van der Waals surface area contributed by atoms with Crippen LogP contribution < -0.4 is 10.9 Å². The largest absolute Gasteiger partial charge is 0.321 e. The number of pyridine rings is 1. The van der Waals surface area contributed by atoms with Gasteiger partial charge >= 0.3 is 0 Å². The molecule has 1 aliphatic heterocycles. The van der Waals surface area contributed by atoms with Gasteiger partial charge in [-0.05, 0) is 48.2 Å². The van der Waals surface area contributed by atoms with Crippen molar-refractivity contribution >= 4 is 10.8 Å². The van der Waals surface area contributed by atoms with Gasteiger partial charge in [-0.2, -0.15) is 0 Å². The van der Waals surface area contributed by atoms with Gasteiger partial charge in [-0.15, -0.1) is 0 Å².